The molecule has 11 nitrogen and oxygen atoms in total. The number of hydrogen-bond donors (Lipinski definition) is 1. The largest absolute Gasteiger partial charge is 0.347 e. The van der Waals surface area contributed by atoms with Crippen molar-refractivity contribution in [1.82, 2.24) is 24.6 Å². The first-order valence-corrected chi connectivity index (χ1v) is 11.8. The molecule has 3 aromatic rings. The molecule has 1 aliphatic rings. The Morgan fingerprint density at radius 3 is 2.52 bits per heavy atom. The maximum Gasteiger partial charge on any atom is 0.274 e. The number of rotatable bonds is 7. The molecule has 0 atom stereocenters. The van der Waals surface area contributed by atoms with Gasteiger partial charge in [0.1, 0.15) is 0 Å². The highest BCUT2D eigenvalue weighted by Gasteiger charge is 2.27. The fourth-order valence-corrected chi connectivity index (χ4v) is 5.16. The Kier molecular flexibility index (Phi) is 6.20. The number of benzene rings is 2. The van der Waals surface area contributed by atoms with E-state index < -0.39 is 20.9 Å². The summed E-state index contributed by atoms with van der Waals surface area (Å²) in [7, 11) is -3.48. The summed E-state index contributed by atoms with van der Waals surface area (Å²) in [6, 6.07) is 12.3. The van der Waals surface area contributed by atoms with Crippen LogP contribution >= 0.6 is 0 Å². The second kappa shape index (κ2) is 9.08. The Morgan fingerprint density at radius 1 is 1.15 bits per heavy atom. The topological polar surface area (TPSA) is 140 Å². The van der Waals surface area contributed by atoms with E-state index in [9.17, 15) is 23.3 Å². The molecule has 172 valence electrons. The number of amides is 1. The molecule has 0 aliphatic carbocycles. The number of sulfonamides is 1. The number of carbonyl (C=O) groups excluding carboxylic acids is 1. The van der Waals surface area contributed by atoms with E-state index in [-0.39, 0.29) is 22.8 Å². The van der Waals surface area contributed by atoms with E-state index in [1.807, 2.05) is 0 Å². The van der Waals surface area contributed by atoms with Crippen LogP contribution in [0.15, 0.2) is 53.4 Å². The van der Waals surface area contributed by atoms with Gasteiger partial charge in [0.2, 0.25) is 10.0 Å². The molecule has 0 saturated carbocycles. The lowest BCUT2D eigenvalue weighted by Gasteiger charge is -2.15. The van der Waals surface area contributed by atoms with Gasteiger partial charge in [0.25, 0.3) is 11.6 Å². The lowest BCUT2D eigenvalue weighted by atomic mass is 10.2. The van der Waals surface area contributed by atoms with Crippen LogP contribution in [0.25, 0.3) is 5.69 Å². The zero-order chi connectivity index (χ0) is 23.6. The molecule has 4 rings (SSSR count). The van der Waals surface area contributed by atoms with Crippen LogP contribution in [0.4, 0.5) is 5.69 Å². The second-order valence-electron chi connectivity index (χ2n) is 7.65. The second-order valence-corrected chi connectivity index (χ2v) is 9.59. The van der Waals surface area contributed by atoms with E-state index in [0.717, 1.165) is 18.4 Å². The maximum absolute atomic E-state index is 12.6. The molecule has 1 saturated heterocycles. The first-order chi connectivity index (χ1) is 15.8. The third kappa shape index (κ3) is 4.61. The van der Waals surface area contributed by atoms with Gasteiger partial charge in [-0.25, -0.2) is 13.1 Å². The minimum atomic E-state index is -3.48. The average Bonchev–Trinajstić information content (AvgIpc) is 3.48. The maximum atomic E-state index is 12.6. The van der Waals surface area contributed by atoms with Gasteiger partial charge in [0.05, 0.1) is 21.2 Å². The SMILES string of the molecule is Cc1c(C(=O)NCc2ccc(S(=O)(=O)N3CCCC3)cc2)nnn1-c1cccc([N+](=O)[O-])c1. The number of nitro benzene ring substituents is 1. The number of non-ortho nitro benzene ring substituents is 1. The number of nitrogens with zero attached hydrogens (tertiary/aromatic N) is 5. The molecular weight excluding hydrogens is 448 g/mol. The van der Waals surface area contributed by atoms with Crippen molar-refractivity contribution in [1.29, 1.82) is 0 Å². The number of nitrogens with one attached hydrogen (secondary N) is 1. The fourth-order valence-electron chi connectivity index (χ4n) is 3.65. The molecule has 12 heteroatoms. The summed E-state index contributed by atoms with van der Waals surface area (Å²) in [5.41, 5.74) is 1.58. The van der Waals surface area contributed by atoms with E-state index in [0.29, 0.717) is 24.5 Å². The van der Waals surface area contributed by atoms with Gasteiger partial charge in [-0.3, -0.25) is 14.9 Å². The van der Waals surface area contributed by atoms with Gasteiger partial charge < -0.3 is 5.32 Å². The van der Waals surface area contributed by atoms with Gasteiger partial charge >= 0.3 is 0 Å². The first kappa shape index (κ1) is 22.6. The molecule has 2 aromatic carbocycles. The Bertz CT molecular complexity index is 1300. The van der Waals surface area contributed by atoms with E-state index in [1.165, 1.54) is 27.2 Å². The molecule has 1 amide bonds. The standard InChI is InChI=1S/C21H22N6O5S/c1-15-20(23-24-26(15)17-5-4-6-18(13-17)27(29)30)21(28)22-14-16-7-9-19(10-8-16)33(31,32)25-11-2-3-12-25/h4-10,13H,2-3,11-12,14H2,1H3,(H,22,28). The van der Waals surface area contributed by atoms with E-state index >= 15 is 0 Å². The number of nitro groups is 1. The highest BCUT2D eigenvalue weighted by atomic mass is 32.2. The summed E-state index contributed by atoms with van der Waals surface area (Å²) in [4.78, 5) is 23.3. The smallest absolute Gasteiger partial charge is 0.274 e. The molecule has 0 radical (unpaired) electrons. The average molecular weight is 471 g/mol. The number of hydrogen-bond acceptors (Lipinski definition) is 7. The van der Waals surface area contributed by atoms with E-state index in [2.05, 4.69) is 15.6 Å². The third-order valence-electron chi connectivity index (χ3n) is 5.47. The van der Waals surface area contributed by atoms with Crippen LogP contribution in [0, 0.1) is 17.0 Å². The quantitative estimate of drug-likeness (QED) is 0.412. The molecule has 1 aromatic heterocycles. The Hall–Kier alpha value is -3.64. The van der Waals surface area contributed by atoms with Crippen LogP contribution < -0.4 is 5.32 Å². The number of carbonyl (C=O) groups is 1. The minimum Gasteiger partial charge on any atom is -0.347 e. The minimum absolute atomic E-state index is 0.0923. The molecular formula is C21H22N6O5S. The lowest BCUT2D eigenvalue weighted by Crippen LogP contribution is -2.28. The predicted octanol–water partition coefficient (Wildman–Crippen LogP) is 2.20. The Labute approximate surface area is 190 Å². The van der Waals surface area contributed by atoms with E-state index in [4.69, 9.17) is 0 Å². The summed E-state index contributed by atoms with van der Waals surface area (Å²) in [5, 5.41) is 21.6. The highest BCUT2D eigenvalue weighted by molar-refractivity contribution is 7.89. The summed E-state index contributed by atoms with van der Waals surface area (Å²) in [6.07, 6.45) is 1.74. The van der Waals surface area contributed by atoms with Crippen LogP contribution in [0.3, 0.4) is 0 Å². The van der Waals surface area contributed by atoms with Crippen molar-refractivity contribution >= 4 is 21.6 Å². The molecule has 1 aliphatic heterocycles. The molecule has 0 bridgehead atoms. The van der Waals surface area contributed by atoms with Crippen LogP contribution in [-0.2, 0) is 16.6 Å². The van der Waals surface area contributed by atoms with Crippen molar-refractivity contribution in [2.24, 2.45) is 0 Å². The van der Waals surface area contributed by atoms with Gasteiger partial charge in [-0.15, -0.1) is 5.10 Å². The van der Waals surface area contributed by atoms with Gasteiger partial charge in [0.15, 0.2) is 5.69 Å². The van der Waals surface area contributed by atoms with Crippen molar-refractivity contribution in [2.45, 2.75) is 31.2 Å². The van der Waals surface area contributed by atoms with Crippen molar-refractivity contribution in [3.8, 4) is 5.69 Å². The Morgan fingerprint density at radius 2 is 1.85 bits per heavy atom. The van der Waals surface area contributed by atoms with Crippen molar-refractivity contribution in [3.05, 3.63) is 75.6 Å². The Balaban J connectivity index is 1.43. The summed E-state index contributed by atoms with van der Waals surface area (Å²) >= 11 is 0. The van der Waals surface area contributed by atoms with Crippen molar-refractivity contribution in [3.63, 3.8) is 0 Å². The van der Waals surface area contributed by atoms with Gasteiger partial charge in [-0.05, 0) is 43.5 Å². The summed E-state index contributed by atoms with van der Waals surface area (Å²) < 4.78 is 28.1. The van der Waals surface area contributed by atoms with Crippen LogP contribution in [0.5, 0.6) is 0 Å². The monoisotopic (exact) mass is 470 g/mol. The zero-order valence-corrected chi connectivity index (χ0v) is 18.7. The molecule has 33 heavy (non-hydrogen) atoms. The molecule has 1 fully saturated rings. The van der Waals surface area contributed by atoms with Crippen molar-refractivity contribution < 1.29 is 18.1 Å². The summed E-state index contributed by atoms with van der Waals surface area (Å²) in [6.45, 7) is 2.89. The summed E-state index contributed by atoms with van der Waals surface area (Å²) in [5.74, 6) is -0.460. The first-order valence-electron chi connectivity index (χ1n) is 10.3. The van der Waals surface area contributed by atoms with Crippen molar-refractivity contribution in [2.75, 3.05) is 13.1 Å². The fraction of sp³-hybridized carbons (Fsp3) is 0.286. The van der Waals surface area contributed by atoms with Gasteiger partial charge in [0, 0.05) is 31.8 Å². The molecule has 1 N–H and O–H groups in total. The normalized spacial score (nSPS) is 14.3. The van der Waals surface area contributed by atoms with Crippen LogP contribution in [0.1, 0.15) is 34.6 Å². The highest BCUT2D eigenvalue weighted by Crippen LogP contribution is 2.21. The van der Waals surface area contributed by atoms with Crippen LogP contribution in [0.2, 0.25) is 0 Å². The molecule has 0 spiro atoms. The van der Waals surface area contributed by atoms with Crippen LogP contribution in [-0.4, -0.2) is 51.6 Å². The molecule has 0 unspecified atom stereocenters. The predicted molar refractivity (Wildman–Crippen MR) is 118 cm³/mol. The van der Waals surface area contributed by atoms with E-state index in [1.54, 1.807) is 37.3 Å². The van der Waals surface area contributed by atoms with Gasteiger partial charge in [-0.2, -0.15) is 4.31 Å². The third-order valence-corrected chi connectivity index (χ3v) is 7.39. The zero-order valence-electron chi connectivity index (χ0n) is 17.8. The molecule has 2 heterocycles. The van der Waals surface area contributed by atoms with Gasteiger partial charge in [-0.1, -0.05) is 23.4 Å². The number of aromatic nitrogens is 3. The lowest BCUT2D eigenvalue weighted by molar-refractivity contribution is -0.384.